The van der Waals surface area contributed by atoms with Crippen LogP contribution in [0.3, 0.4) is 0 Å². The Balaban J connectivity index is 2.60. The van der Waals surface area contributed by atoms with Gasteiger partial charge in [0.25, 0.3) is 0 Å². The van der Waals surface area contributed by atoms with Crippen molar-refractivity contribution < 1.29 is 15.7 Å². The Hall–Kier alpha value is -1.22. The predicted octanol–water partition coefficient (Wildman–Crippen LogP) is 3.91. The van der Waals surface area contributed by atoms with Crippen LogP contribution in [-0.2, 0) is 15.7 Å². The number of hydrogen-bond acceptors (Lipinski definition) is 0. The second-order valence-electron chi connectivity index (χ2n) is 3.39. The van der Waals surface area contributed by atoms with Crippen molar-refractivity contribution in [3.05, 3.63) is 77.5 Å². The molecule has 0 heterocycles. The monoisotopic (exact) mass is 327 g/mol. The van der Waals surface area contributed by atoms with Crippen LogP contribution in [0.2, 0.25) is 0 Å². The summed E-state index contributed by atoms with van der Waals surface area (Å²) in [4.78, 5) is 0. The van der Waals surface area contributed by atoms with E-state index in [1.54, 1.807) is 0 Å². The molecule has 2 aromatic rings. The van der Waals surface area contributed by atoms with E-state index in [-0.39, 0.29) is 15.7 Å². The van der Waals surface area contributed by atoms with Gasteiger partial charge in [-0.3, -0.25) is 0 Å². The van der Waals surface area contributed by atoms with Gasteiger partial charge in [0, 0.05) is 0 Å². The van der Waals surface area contributed by atoms with Gasteiger partial charge in [0.2, 0.25) is 0 Å². The van der Waals surface area contributed by atoms with Crippen LogP contribution < -0.4 is 0 Å². The van der Waals surface area contributed by atoms with Gasteiger partial charge in [0.15, 0.2) is 0 Å². The maximum atomic E-state index is 5.72. The van der Waals surface area contributed by atoms with Gasteiger partial charge >= 0.3 is 113 Å². The summed E-state index contributed by atoms with van der Waals surface area (Å²) in [5.74, 6) is 0. The molecule has 0 unspecified atom stereocenters. The van der Waals surface area contributed by atoms with Crippen LogP contribution in [-0.4, -0.2) is 4.26 Å². The molecular formula is C15H10ClRu. The van der Waals surface area contributed by atoms with Crippen LogP contribution in [0.1, 0.15) is 11.1 Å². The molecule has 85 valence electrons. The molecule has 0 aliphatic carbocycles. The van der Waals surface area contributed by atoms with Gasteiger partial charge in [-0.15, -0.1) is 0 Å². The van der Waals surface area contributed by atoms with E-state index in [4.69, 9.17) is 9.69 Å². The third-order valence-electron chi connectivity index (χ3n) is 2.33. The van der Waals surface area contributed by atoms with Crippen molar-refractivity contribution in [2.75, 3.05) is 0 Å². The summed E-state index contributed by atoms with van der Waals surface area (Å²) in [5, 5.41) is 0. The molecule has 2 heteroatoms. The Kier molecular flexibility index (Phi) is 4.68. The van der Waals surface area contributed by atoms with E-state index >= 15 is 0 Å². The Morgan fingerprint density at radius 2 is 1.29 bits per heavy atom. The van der Waals surface area contributed by atoms with Crippen LogP contribution in [0.25, 0.3) is 5.57 Å². The SMILES string of the molecule is [Cl][Ru]=[C]=C=C(c1ccccc1)c1ccccc1. The first-order valence-corrected chi connectivity index (χ1v) is 8.24. The van der Waals surface area contributed by atoms with Gasteiger partial charge in [0.05, 0.1) is 0 Å². The summed E-state index contributed by atoms with van der Waals surface area (Å²) in [5.41, 5.74) is 6.49. The van der Waals surface area contributed by atoms with Crippen LogP contribution in [0, 0.1) is 0 Å². The van der Waals surface area contributed by atoms with Crippen molar-refractivity contribution >= 4 is 19.5 Å². The molecule has 0 N–H and O–H groups in total. The minimum absolute atomic E-state index is 0.362. The van der Waals surface area contributed by atoms with Crippen molar-refractivity contribution in [3.8, 4) is 0 Å². The number of halogens is 1. The molecule has 0 aromatic heterocycles. The Labute approximate surface area is 112 Å². The van der Waals surface area contributed by atoms with Gasteiger partial charge in [-0.1, -0.05) is 0 Å². The minimum atomic E-state index is -0.362. The summed E-state index contributed by atoms with van der Waals surface area (Å²) >= 11 is -0.362. The zero-order valence-corrected chi connectivity index (χ0v) is 11.5. The van der Waals surface area contributed by atoms with Crippen molar-refractivity contribution in [3.63, 3.8) is 0 Å². The van der Waals surface area contributed by atoms with Crippen LogP contribution in [0.5, 0.6) is 0 Å². The molecular weight excluding hydrogens is 317 g/mol. The van der Waals surface area contributed by atoms with E-state index in [1.807, 2.05) is 36.4 Å². The molecule has 0 fully saturated rings. The van der Waals surface area contributed by atoms with Crippen molar-refractivity contribution in [2.45, 2.75) is 0 Å². The molecule has 2 rings (SSSR count). The Bertz CT molecular complexity index is 533. The third-order valence-corrected chi connectivity index (χ3v) is 3.10. The molecule has 0 aliphatic rings. The standard InChI is InChI=1S/C15H10.ClH.Ru/c1-2-15(13-9-5-3-6-10-13)14-11-7-4-8-12-14;;/h3-12H;1H;/q;;+1/p-1. The Morgan fingerprint density at radius 1 is 0.824 bits per heavy atom. The molecule has 0 saturated heterocycles. The summed E-state index contributed by atoms with van der Waals surface area (Å²) < 4.78 is 3.01. The second kappa shape index (κ2) is 6.50. The van der Waals surface area contributed by atoms with E-state index < -0.39 is 0 Å². The van der Waals surface area contributed by atoms with Gasteiger partial charge in [-0.2, -0.15) is 0 Å². The molecule has 0 atom stereocenters. The number of benzene rings is 2. The molecule has 0 amide bonds. The van der Waals surface area contributed by atoms with Crippen molar-refractivity contribution in [1.29, 1.82) is 0 Å². The third kappa shape index (κ3) is 3.37. The van der Waals surface area contributed by atoms with Gasteiger partial charge in [-0.25, -0.2) is 0 Å². The summed E-state index contributed by atoms with van der Waals surface area (Å²) in [6, 6.07) is 20.4. The molecule has 0 saturated carbocycles. The summed E-state index contributed by atoms with van der Waals surface area (Å²) in [6.07, 6.45) is 0. The van der Waals surface area contributed by atoms with E-state index in [0.717, 1.165) is 16.7 Å². The molecule has 2 aromatic carbocycles. The first kappa shape index (κ1) is 12.2. The molecule has 17 heavy (non-hydrogen) atoms. The molecule has 0 nitrogen and oxygen atoms in total. The van der Waals surface area contributed by atoms with Gasteiger partial charge in [0.1, 0.15) is 0 Å². The fourth-order valence-electron chi connectivity index (χ4n) is 1.58. The van der Waals surface area contributed by atoms with Crippen molar-refractivity contribution in [1.82, 2.24) is 0 Å². The quantitative estimate of drug-likeness (QED) is 0.580. The topological polar surface area (TPSA) is 0 Å². The summed E-state index contributed by atoms with van der Waals surface area (Å²) in [6.45, 7) is 0. The van der Waals surface area contributed by atoms with Crippen LogP contribution in [0.15, 0.2) is 66.4 Å². The van der Waals surface area contributed by atoms with Crippen molar-refractivity contribution in [2.24, 2.45) is 0 Å². The normalized spacial score (nSPS) is 9.24. The van der Waals surface area contributed by atoms with E-state index in [0.29, 0.717) is 0 Å². The zero-order valence-electron chi connectivity index (χ0n) is 9.01. The predicted molar refractivity (Wildman–Crippen MR) is 69.8 cm³/mol. The number of hydrogen-bond donors (Lipinski definition) is 0. The fourth-order valence-corrected chi connectivity index (χ4v) is 2.08. The van der Waals surface area contributed by atoms with Gasteiger partial charge < -0.3 is 0 Å². The van der Waals surface area contributed by atoms with Crippen LogP contribution in [0.4, 0.5) is 0 Å². The van der Waals surface area contributed by atoms with Crippen LogP contribution >= 0.6 is 9.69 Å². The zero-order chi connectivity index (χ0) is 11.9. The average Bonchev–Trinajstić information content (AvgIpc) is 2.42. The Morgan fingerprint density at radius 3 is 1.71 bits per heavy atom. The maximum absolute atomic E-state index is 5.72. The summed E-state index contributed by atoms with van der Waals surface area (Å²) in [7, 11) is 5.72. The van der Waals surface area contributed by atoms with E-state index in [1.165, 1.54) is 0 Å². The fraction of sp³-hybridized carbons (Fsp3) is 0. The first-order chi connectivity index (χ1) is 8.42. The van der Waals surface area contributed by atoms with E-state index in [2.05, 4.69) is 34.3 Å². The van der Waals surface area contributed by atoms with Gasteiger partial charge in [-0.05, 0) is 0 Å². The molecule has 0 radical (unpaired) electrons. The first-order valence-electron chi connectivity index (χ1n) is 5.13. The molecule has 0 bridgehead atoms. The molecule has 0 aliphatic heterocycles. The molecule has 0 spiro atoms. The number of rotatable bonds is 2. The second-order valence-corrected chi connectivity index (χ2v) is 4.94. The van der Waals surface area contributed by atoms with E-state index in [9.17, 15) is 0 Å². The average molecular weight is 327 g/mol.